The number of fused-ring (bicyclic) bond motifs is 1. The van der Waals surface area contributed by atoms with Crippen LogP contribution in [0.3, 0.4) is 0 Å². The van der Waals surface area contributed by atoms with E-state index in [1.54, 1.807) is 0 Å². The molecule has 1 aliphatic carbocycles. The van der Waals surface area contributed by atoms with Crippen LogP contribution in [0.5, 0.6) is 0 Å². The molecule has 1 aromatic carbocycles. The third kappa shape index (κ3) is 2.35. The maximum absolute atomic E-state index is 12.0. The van der Waals surface area contributed by atoms with Gasteiger partial charge in [0.1, 0.15) is 0 Å². The Labute approximate surface area is 118 Å². The monoisotopic (exact) mass is 273 g/mol. The molecule has 1 heterocycles. The third-order valence-corrected chi connectivity index (χ3v) is 4.16. The number of nitrogens with one attached hydrogen (secondary N) is 1. The predicted octanol–water partition coefficient (Wildman–Crippen LogP) is 1.86. The first-order chi connectivity index (χ1) is 9.65. The van der Waals surface area contributed by atoms with Crippen LogP contribution in [0.25, 0.3) is 0 Å². The molecule has 0 aromatic heterocycles. The lowest BCUT2D eigenvalue weighted by Crippen LogP contribution is -2.35. The Morgan fingerprint density at radius 1 is 1.30 bits per heavy atom. The second-order valence-electron chi connectivity index (χ2n) is 5.49. The summed E-state index contributed by atoms with van der Waals surface area (Å²) in [5, 5.41) is 2.76. The molecule has 0 spiro atoms. The molecule has 1 aromatic rings. The van der Waals surface area contributed by atoms with Crippen LogP contribution in [0.1, 0.15) is 42.9 Å². The molecule has 5 heteroatoms. The van der Waals surface area contributed by atoms with E-state index in [2.05, 4.69) is 11.4 Å². The van der Waals surface area contributed by atoms with Gasteiger partial charge in [-0.3, -0.25) is 4.79 Å². The fourth-order valence-corrected chi connectivity index (χ4v) is 3.17. The summed E-state index contributed by atoms with van der Waals surface area (Å²) in [6, 6.07) is 5.59. The largest absolute Gasteiger partial charge is 0.352 e. The summed E-state index contributed by atoms with van der Waals surface area (Å²) in [4.78, 5) is 24.8. The summed E-state index contributed by atoms with van der Waals surface area (Å²) in [5.74, 6) is 0.209. The predicted molar refractivity (Wildman–Crippen MR) is 76.4 cm³/mol. The first kappa shape index (κ1) is 13.0. The highest BCUT2D eigenvalue weighted by Crippen LogP contribution is 2.34. The van der Waals surface area contributed by atoms with Crippen LogP contribution >= 0.6 is 0 Å². The van der Waals surface area contributed by atoms with Crippen molar-refractivity contribution in [3.8, 4) is 0 Å². The van der Waals surface area contributed by atoms with E-state index in [0.29, 0.717) is 6.42 Å². The van der Waals surface area contributed by atoms with Gasteiger partial charge in [-0.15, -0.1) is 0 Å². The molecule has 1 unspecified atom stereocenters. The van der Waals surface area contributed by atoms with E-state index in [-0.39, 0.29) is 11.9 Å². The van der Waals surface area contributed by atoms with Gasteiger partial charge in [-0.25, -0.2) is 4.79 Å². The fraction of sp³-hybridized carbons (Fsp3) is 0.467. The molecule has 20 heavy (non-hydrogen) atoms. The van der Waals surface area contributed by atoms with E-state index in [9.17, 15) is 9.59 Å². The van der Waals surface area contributed by atoms with Crippen LogP contribution in [0.15, 0.2) is 18.2 Å². The number of urea groups is 1. The van der Waals surface area contributed by atoms with Crippen molar-refractivity contribution in [1.29, 1.82) is 0 Å². The first-order valence-corrected chi connectivity index (χ1v) is 7.14. The van der Waals surface area contributed by atoms with Gasteiger partial charge in [0, 0.05) is 18.7 Å². The minimum atomic E-state index is -0.488. The highest BCUT2D eigenvalue weighted by atomic mass is 16.2. The lowest BCUT2D eigenvalue weighted by Gasteiger charge is -2.27. The van der Waals surface area contributed by atoms with E-state index in [1.165, 1.54) is 5.56 Å². The molecule has 106 valence electrons. The Kier molecular flexibility index (Phi) is 3.34. The quantitative estimate of drug-likeness (QED) is 0.863. The fourth-order valence-electron chi connectivity index (χ4n) is 3.17. The molecule has 0 saturated carbocycles. The van der Waals surface area contributed by atoms with Gasteiger partial charge in [-0.2, -0.15) is 0 Å². The number of amides is 3. The van der Waals surface area contributed by atoms with Crippen molar-refractivity contribution in [3.63, 3.8) is 0 Å². The van der Waals surface area contributed by atoms with Crippen LogP contribution in [-0.2, 0) is 11.2 Å². The Bertz CT molecular complexity index is 556. The molecular weight excluding hydrogens is 254 g/mol. The Hall–Kier alpha value is -2.04. The number of carbonyl (C=O) groups excluding carboxylic acids is 2. The van der Waals surface area contributed by atoms with Gasteiger partial charge < -0.3 is 16.0 Å². The highest BCUT2D eigenvalue weighted by Gasteiger charge is 2.26. The summed E-state index contributed by atoms with van der Waals surface area (Å²) >= 11 is 0. The number of primary amides is 1. The minimum absolute atomic E-state index is 0.00797. The molecular formula is C15H19N3O2. The van der Waals surface area contributed by atoms with Gasteiger partial charge >= 0.3 is 6.03 Å². The lowest BCUT2D eigenvalue weighted by atomic mass is 10.0. The van der Waals surface area contributed by atoms with Gasteiger partial charge in [0.2, 0.25) is 5.91 Å². The number of hydrogen-bond acceptors (Lipinski definition) is 2. The summed E-state index contributed by atoms with van der Waals surface area (Å²) in [6.45, 7) is 0.806. The second-order valence-corrected chi connectivity index (χ2v) is 5.49. The van der Waals surface area contributed by atoms with E-state index in [4.69, 9.17) is 5.73 Å². The smallest absolute Gasteiger partial charge is 0.312 e. The van der Waals surface area contributed by atoms with Crippen molar-refractivity contribution in [2.75, 3.05) is 11.4 Å². The van der Waals surface area contributed by atoms with E-state index in [0.717, 1.165) is 43.5 Å². The van der Waals surface area contributed by atoms with E-state index in [1.807, 2.05) is 17.0 Å². The summed E-state index contributed by atoms with van der Waals surface area (Å²) in [7, 11) is 0. The maximum atomic E-state index is 12.0. The van der Waals surface area contributed by atoms with Crippen molar-refractivity contribution in [2.24, 2.45) is 5.73 Å². The maximum Gasteiger partial charge on any atom is 0.312 e. The average molecular weight is 273 g/mol. The highest BCUT2D eigenvalue weighted by molar-refractivity contribution is 5.94. The molecule has 5 nitrogen and oxygen atoms in total. The molecule has 1 saturated heterocycles. The Morgan fingerprint density at radius 3 is 2.90 bits per heavy atom. The van der Waals surface area contributed by atoms with Crippen LogP contribution in [0, 0.1) is 0 Å². The van der Waals surface area contributed by atoms with Gasteiger partial charge in [0.15, 0.2) is 0 Å². The average Bonchev–Trinajstić information content (AvgIpc) is 2.81. The zero-order valence-corrected chi connectivity index (χ0v) is 11.4. The van der Waals surface area contributed by atoms with Crippen LogP contribution < -0.4 is 16.0 Å². The van der Waals surface area contributed by atoms with Crippen molar-refractivity contribution in [1.82, 2.24) is 5.32 Å². The Morgan fingerprint density at radius 2 is 2.15 bits per heavy atom. The molecule has 1 aliphatic heterocycles. The lowest BCUT2D eigenvalue weighted by molar-refractivity contribution is -0.119. The molecule has 0 radical (unpaired) electrons. The first-order valence-electron chi connectivity index (χ1n) is 7.14. The van der Waals surface area contributed by atoms with Crippen LogP contribution in [-0.4, -0.2) is 18.5 Å². The number of piperidine rings is 1. The summed E-state index contributed by atoms with van der Waals surface area (Å²) < 4.78 is 0. The number of nitrogens with two attached hydrogens (primary N) is 1. The number of carbonyl (C=O) groups is 2. The van der Waals surface area contributed by atoms with E-state index < -0.39 is 6.03 Å². The SMILES string of the molecule is NC(=O)NC1CCc2cc(N3CCCCC3=O)ccc21. The van der Waals surface area contributed by atoms with Crippen molar-refractivity contribution < 1.29 is 9.59 Å². The van der Waals surface area contributed by atoms with Crippen LogP contribution in [0.2, 0.25) is 0 Å². The van der Waals surface area contributed by atoms with Gasteiger partial charge in [0.25, 0.3) is 0 Å². The summed E-state index contributed by atoms with van der Waals surface area (Å²) in [5.41, 5.74) is 8.50. The molecule has 1 atom stereocenters. The zero-order valence-electron chi connectivity index (χ0n) is 11.4. The van der Waals surface area contributed by atoms with Crippen LogP contribution in [0.4, 0.5) is 10.5 Å². The molecule has 0 bridgehead atoms. The normalized spacial score (nSPS) is 21.7. The third-order valence-electron chi connectivity index (χ3n) is 4.16. The van der Waals surface area contributed by atoms with Crippen molar-refractivity contribution >= 4 is 17.6 Å². The number of aryl methyl sites for hydroxylation is 1. The molecule has 1 fully saturated rings. The minimum Gasteiger partial charge on any atom is -0.352 e. The Balaban J connectivity index is 1.83. The standard InChI is InChI=1S/C15H19N3O2/c16-15(20)17-13-7-4-10-9-11(5-6-12(10)13)18-8-2-1-3-14(18)19/h5-6,9,13H,1-4,7-8H2,(H3,16,17,20). The van der Waals surface area contributed by atoms with Gasteiger partial charge in [-0.1, -0.05) is 6.07 Å². The molecule has 3 rings (SSSR count). The van der Waals surface area contributed by atoms with Crippen molar-refractivity contribution in [2.45, 2.75) is 38.1 Å². The zero-order chi connectivity index (χ0) is 14.1. The number of benzene rings is 1. The van der Waals surface area contributed by atoms with Gasteiger partial charge in [-0.05, 0) is 48.9 Å². The molecule has 3 N–H and O–H groups in total. The number of hydrogen-bond donors (Lipinski definition) is 2. The van der Waals surface area contributed by atoms with E-state index >= 15 is 0 Å². The number of rotatable bonds is 2. The number of nitrogens with zero attached hydrogens (tertiary/aromatic N) is 1. The summed E-state index contributed by atoms with van der Waals surface area (Å²) in [6.07, 6.45) is 4.48. The molecule has 2 aliphatic rings. The molecule has 3 amide bonds. The topological polar surface area (TPSA) is 75.4 Å². The van der Waals surface area contributed by atoms with Gasteiger partial charge in [0.05, 0.1) is 6.04 Å². The van der Waals surface area contributed by atoms with Crippen molar-refractivity contribution in [3.05, 3.63) is 29.3 Å². The second kappa shape index (κ2) is 5.15. The number of anilines is 1.